The molecule has 0 spiro atoms. The Kier molecular flexibility index (Phi) is 5.78. The molecule has 0 N–H and O–H groups in total. The van der Waals surface area contributed by atoms with Gasteiger partial charge in [0, 0.05) is 0 Å². The zero-order valence-corrected chi connectivity index (χ0v) is 7.80. The lowest BCUT2D eigenvalue weighted by atomic mass is 10.5. The molecule has 67 valence electrons. The maximum atomic E-state index is 10.7. The normalized spacial score (nSPS) is 11.9. The van der Waals surface area contributed by atoms with E-state index in [1.807, 2.05) is 13.8 Å². The molecule has 0 fully saturated rings. The SMILES string of the molecule is CCCOP([O])(=O)OCCC. The fourth-order valence-corrected chi connectivity index (χ4v) is 1.33. The van der Waals surface area contributed by atoms with Gasteiger partial charge < -0.3 is 0 Å². The second-order valence-electron chi connectivity index (χ2n) is 2.11. The van der Waals surface area contributed by atoms with E-state index in [1.165, 1.54) is 0 Å². The zero-order chi connectivity index (χ0) is 8.74. The predicted octanol–water partition coefficient (Wildman–Crippen LogP) is 2.38. The van der Waals surface area contributed by atoms with E-state index >= 15 is 0 Å². The third-order valence-corrected chi connectivity index (χ3v) is 1.90. The number of rotatable bonds is 6. The minimum Gasteiger partial charge on any atom is -0.285 e. The van der Waals surface area contributed by atoms with Crippen molar-refractivity contribution in [3.63, 3.8) is 0 Å². The van der Waals surface area contributed by atoms with Gasteiger partial charge in [0.1, 0.15) is 0 Å². The smallest absolute Gasteiger partial charge is 0.285 e. The van der Waals surface area contributed by atoms with E-state index < -0.39 is 7.82 Å². The Labute approximate surface area is 67.1 Å². The molecule has 0 aliphatic carbocycles. The van der Waals surface area contributed by atoms with E-state index in [0.29, 0.717) is 12.8 Å². The van der Waals surface area contributed by atoms with Gasteiger partial charge in [0.25, 0.3) is 0 Å². The molecule has 4 nitrogen and oxygen atoms in total. The molecule has 0 atom stereocenters. The van der Waals surface area contributed by atoms with Crippen LogP contribution in [0.3, 0.4) is 0 Å². The van der Waals surface area contributed by atoms with Crippen molar-refractivity contribution in [1.82, 2.24) is 0 Å². The highest BCUT2D eigenvalue weighted by atomic mass is 31.2. The summed E-state index contributed by atoms with van der Waals surface area (Å²) in [4.78, 5) is 10.7. The van der Waals surface area contributed by atoms with Gasteiger partial charge in [-0.3, -0.25) is 9.05 Å². The maximum absolute atomic E-state index is 10.7. The average molecular weight is 181 g/mol. The van der Waals surface area contributed by atoms with E-state index in [0.717, 1.165) is 0 Å². The Hall–Kier alpha value is 0.110. The largest absolute Gasteiger partial charge is 0.502 e. The summed E-state index contributed by atoms with van der Waals surface area (Å²) < 4.78 is 19.6. The van der Waals surface area contributed by atoms with Gasteiger partial charge >= 0.3 is 7.82 Å². The molecular formula is C6H14O4P. The van der Waals surface area contributed by atoms with E-state index in [2.05, 4.69) is 9.05 Å². The van der Waals surface area contributed by atoms with Crippen LogP contribution in [-0.2, 0) is 18.5 Å². The first-order chi connectivity index (χ1) is 5.12. The Balaban J connectivity index is 3.53. The molecule has 0 rings (SSSR count). The maximum Gasteiger partial charge on any atom is 0.502 e. The van der Waals surface area contributed by atoms with Crippen LogP contribution in [0, 0.1) is 0 Å². The van der Waals surface area contributed by atoms with Crippen molar-refractivity contribution in [3.05, 3.63) is 0 Å². The summed E-state index contributed by atoms with van der Waals surface area (Å²) in [7, 11) is -3.98. The standard InChI is InChI=1S/C6H14O4P/c1-3-5-9-11(7,8)10-6-4-2/h3-6H2,1-2H3. The van der Waals surface area contributed by atoms with Crippen molar-refractivity contribution < 1.29 is 18.5 Å². The van der Waals surface area contributed by atoms with Crippen molar-refractivity contribution in [2.45, 2.75) is 26.7 Å². The molecule has 0 unspecified atom stereocenters. The number of hydrogen-bond acceptors (Lipinski definition) is 3. The van der Waals surface area contributed by atoms with Crippen LogP contribution in [0.2, 0.25) is 0 Å². The molecule has 0 bridgehead atoms. The molecule has 0 aliphatic rings. The molecule has 11 heavy (non-hydrogen) atoms. The van der Waals surface area contributed by atoms with Crippen LogP contribution < -0.4 is 0 Å². The lowest BCUT2D eigenvalue weighted by molar-refractivity contribution is 0.128. The van der Waals surface area contributed by atoms with Gasteiger partial charge in [-0.2, -0.15) is 0 Å². The van der Waals surface area contributed by atoms with Gasteiger partial charge in [0.15, 0.2) is 0 Å². The van der Waals surface area contributed by atoms with Crippen molar-refractivity contribution in [3.8, 4) is 0 Å². The summed E-state index contributed by atoms with van der Waals surface area (Å²) in [5.74, 6) is 0. The quantitative estimate of drug-likeness (QED) is 0.591. The van der Waals surface area contributed by atoms with Crippen molar-refractivity contribution in [2.24, 2.45) is 0 Å². The predicted molar refractivity (Wildman–Crippen MR) is 40.8 cm³/mol. The molecule has 0 heterocycles. The van der Waals surface area contributed by atoms with Crippen LogP contribution in [0.5, 0.6) is 0 Å². The molecule has 5 heteroatoms. The first kappa shape index (κ1) is 11.1. The van der Waals surface area contributed by atoms with Crippen LogP contribution in [0.15, 0.2) is 0 Å². The Bertz CT molecular complexity index is 125. The van der Waals surface area contributed by atoms with E-state index in [4.69, 9.17) is 0 Å². The first-order valence-electron chi connectivity index (χ1n) is 3.72. The van der Waals surface area contributed by atoms with Crippen LogP contribution >= 0.6 is 7.82 Å². The monoisotopic (exact) mass is 181 g/mol. The summed E-state index contributed by atoms with van der Waals surface area (Å²) in [6.45, 7) is 4.06. The summed E-state index contributed by atoms with van der Waals surface area (Å²) >= 11 is 0. The Morgan fingerprint density at radius 3 is 1.73 bits per heavy atom. The van der Waals surface area contributed by atoms with Crippen LogP contribution in [0.1, 0.15) is 26.7 Å². The fourth-order valence-electron chi connectivity index (χ4n) is 0.443. The third kappa shape index (κ3) is 6.51. The molecule has 0 aromatic carbocycles. The molecule has 0 aromatic rings. The lowest BCUT2D eigenvalue weighted by Crippen LogP contribution is -1.95. The van der Waals surface area contributed by atoms with Gasteiger partial charge in [-0.05, 0) is 12.8 Å². The van der Waals surface area contributed by atoms with Gasteiger partial charge in [0.2, 0.25) is 0 Å². The highest BCUT2D eigenvalue weighted by molar-refractivity contribution is 7.47. The second kappa shape index (κ2) is 5.72. The summed E-state index contributed by atoms with van der Waals surface area (Å²) in [6.07, 6.45) is 1.34. The molecule has 0 saturated carbocycles. The van der Waals surface area contributed by atoms with Crippen LogP contribution in [0.4, 0.5) is 0 Å². The van der Waals surface area contributed by atoms with Crippen LogP contribution in [-0.4, -0.2) is 13.2 Å². The molecule has 0 aromatic heterocycles. The lowest BCUT2D eigenvalue weighted by Gasteiger charge is -2.07. The minimum atomic E-state index is -3.98. The summed E-state index contributed by atoms with van der Waals surface area (Å²) in [5.41, 5.74) is 0. The van der Waals surface area contributed by atoms with Crippen molar-refractivity contribution in [1.29, 1.82) is 0 Å². The fraction of sp³-hybridized carbons (Fsp3) is 1.00. The second-order valence-corrected chi connectivity index (χ2v) is 3.52. The summed E-state index contributed by atoms with van der Waals surface area (Å²) in [5, 5.41) is 0. The van der Waals surface area contributed by atoms with Crippen molar-refractivity contribution in [2.75, 3.05) is 13.2 Å². The van der Waals surface area contributed by atoms with E-state index in [9.17, 15) is 9.46 Å². The Morgan fingerprint density at radius 2 is 1.45 bits per heavy atom. The van der Waals surface area contributed by atoms with Gasteiger partial charge in [-0.1, -0.05) is 13.8 Å². The molecule has 0 saturated heterocycles. The third-order valence-electron chi connectivity index (χ3n) is 0.907. The van der Waals surface area contributed by atoms with Crippen molar-refractivity contribution >= 4 is 7.82 Å². The Morgan fingerprint density at radius 1 is 1.09 bits per heavy atom. The topological polar surface area (TPSA) is 55.4 Å². The zero-order valence-electron chi connectivity index (χ0n) is 6.91. The molecular weight excluding hydrogens is 167 g/mol. The van der Waals surface area contributed by atoms with Gasteiger partial charge in [0.05, 0.1) is 13.2 Å². The highest BCUT2D eigenvalue weighted by Crippen LogP contribution is 2.44. The highest BCUT2D eigenvalue weighted by Gasteiger charge is 2.21. The first-order valence-corrected chi connectivity index (χ1v) is 5.18. The van der Waals surface area contributed by atoms with Gasteiger partial charge in [-0.15, -0.1) is 4.89 Å². The average Bonchev–Trinajstić information content (AvgIpc) is 1.97. The van der Waals surface area contributed by atoms with E-state index in [-0.39, 0.29) is 13.2 Å². The summed E-state index contributed by atoms with van der Waals surface area (Å²) in [6, 6.07) is 0. The van der Waals surface area contributed by atoms with E-state index in [1.54, 1.807) is 0 Å². The molecule has 0 aliphatic heterocycles. The van der Waals surface area contributed by atoms with Crippen LogP contribution in [0.25, 0.3) is 0 Å². The molecule has 0 amide bonds. The number of hydrogen-bond donors (Lipinski definition) is 0. The minimum absolute atomic E-state index is 0.199. The van der Waals surface area contributed by atoms with Gasteiger partial charge in [-0.25, -0.2) is 4.57 Å². The molecule has 1 radical (unpaired) electrons.